The molecule has 0 spiro atoms. The maximum Gasteiger partial charge on any atom is 0.341 e. The minimum absolute atomic E-state index is 0.106. The van der Waals surface area contributed by atoms with Gasteiger partial charge in [0.25, 0.3) is 0 Å². The van der Waals surface area contributed by atoms with Crippen LogP contribution in [0.1, 0.15) is 10.4 Å². The van der Waals surface area contributed by atoms with E-state index in [0.29, 0.717) is 19.2 Å². The Hall–Kier alpha value is -3.33. The van der Waals surface area contributed by atoms with Gasteiger partial charge in [-0.1, -0.05) is 0 Å². The third-order valence-corrected chi connectivity index (χ3v) is 6.07. The van der Waals surface area contributed by atoms with Crippen molar-refractivity contribution in [1.29, 1.82) is 0 Å². The fourth-order valence-electron chi connectivity index (χ4n) is 4.37. The molecule has 30 heavy (non-hydrogen) atoms. The van der Waals surface area contributed by atoms with Gasteiger partial charge in [-0.3, -0.25) is 4.79 Å². The smallest absolute Gasteiger partial charge is 0.341 e. The number of aromatic carboxylic acids is 1. The number of aromatic nitrogens is 1. The molecule has 1 aromatic heterocycles. The van der Waals surface area contributed by atoms with E-state index in [1.165, 1.54) is 6.07 Å². The molecule has 1 aliphatic heterocycles. The summed E-state index contributed by atoms with van der Waals surface area (Å²) in [6.07, 6.45) is 0.975. The van der Waals surface area contributed by atoms with Crippen molar-refractivity contribution in [2.45, 2.75) is 6.04 Å². The van der Waals surface area contributed by atoms with Crippen molar-refractivity contribution in [2.24, 2.45) is 17.6 Å². The minimum Gasteiger partial charge on any atom is -0.477 e. The van der Waals surface area contributed by atoms with Crippen LogP contribution in [0.4, 0.5) is 18.9 Å². The van der Waals surface area contributed by atoms with Gasteiger partial charge in [0, 0.05) is 36.8 Å². The van der Waals surface area contributed by atoms with Crippen LogP contribution in [-0.2, 0) is 0 Å². The number of rotatable bonds is 3. The number of carbonyl (C=O) groups is 1. The van der Waals surface area contributed by atoms with Crippen molar-refractivity contribution >= 4 is 22.6 Å². The van der Waals surface area contributed by atoms with Crippen LogP contribution in [0.5, 0.6) is 0 Å². The zero-order valence-corrected chi connectivity index (χ0v) is 15.5. The van der Waals surface area contributed by atoms with E-state index < -0.39 is 34.4 Å². The van der Waals surface area contributed by atoms with Crippen molar-refractivity contribution in [3.05, 3.63) is 69.8 Å². The molecule has 9 heteroatoms. The quantitative estimate of drug-likeness (QED) is 0.686. The van der Waals surface area contributed by atoms with E-state index in [4.69, 9.17) is 5.73 Å². The molecule has 3 N–H and O–H groups in total. The monoisotopic (exact) mass is 415 g/mol. The van der Waals surface area contributed by atoms with Crippen LogP contribution < -0.4 is 16.1 Å². The number of nitrogens with zero attached hydrogens (tertiary/aromatic N) is 2. The zero-order chi connectivity index (χ0) is 21.3. The van der Waals surface area contributed by atoms with Crippen LogP contribution in [0.3, 0.4) is 0 Å². The molecule has 0 bridgehead atoms. The average Bonchev–Trinajstić information content (AvgIpc) is 3.10. The molecule has 3 aromatic rings. The van der Waals surface area contributed by atoms with Gasteiger partial charge in [-0.15, -0.1) is 0 Å². The number of fused-ring (bicyclic) bond motifs is 2. The van der Waals surface area contributed by atoms with Gasteiger partial charge in [-0.05, 0) is 36.1 Å². The van der Waals surface area contributed by atoms with E-state index in [0.717, 1.165) is 29.0 Å². The van der Waals surface area contributed by atoms with Crippen molar-refractivity contribution in [3.63, 3.8) is 0 Å². The van der Waals surface area contributed by atoms with Crippen molar-refractivity contribution in [2.75, 3.05) is 18.0 Å². The number of hydrogen-bond donors (Lipinski definition) is 2. The Morgan fingerprint density at radius 1 is 1.03 bits per heavy atom. The highest BCUT2D eigenvalue weighted by Crippen LogP contribution is 2.46. The van der Waals surface area contributed by atoms with Crippen LogP contribution in [0.2, 0.25) is 0 Å². The molecule has 0 amide bonds. The second-order valence-electron chi connectivity index (χ2n) is 7.77. The molecule has 1 unspecified atom stereocenters. The maximum atomic E-state index is 14.9. The van der Waals surface area contributed by atoms with Crippen molar-refractivity contribution in [3.8, 4) is 5.69 Å². The maximum absolute atomic E-state index is 14.9. The van der Waals surface area contributed by atoms with Crippen LogP contribution >= 0.6 is 0 Å². The van der Waals surface area contributed by atoms with Crippen LogP contribution in [-0.4, -0.2) is 34.8 Å². The first kappa shape index (κ1) is 18.7. The van der Waals surface area contributed by atoms with Gasteiger partial charge in [-0.2, -0.15) is 0 Å². The molecule has 2 aromatic carbocycles. The Morgan fingerprint density at radius 3 is 2.33 bits per heavy atom. The average molecular weight is 415 g/mol. The number of anilines is 1. The van der Waals surface area contributed by atoms with Gasteiger partial charge in [0.1, 0.15) is 23.0 Å². The van der Waals surface area contributed by atoms with Crippen molar-refractivity contribution in [1.82, 2.24) is 4.57 Å². The summed E-state index contributed by atoms with van der Waals surface area (Å²) in [5, 5.41) is 9.18. The Bertz CT molecular complexity index is 1280. The molecule has 2 aliphatic rings. The third-order valence-electron chi connectivity index (χ3n) is 6.07. The standard InChI is InChI=1S/C21H16F3N3O3/c22-9-1-2-16(14(23)3-9)27-8-13(21(29)30)20(28)10-4-15(24)18(5-17(10)27)26-6-11-12(7-26)19(11)25/h1-5,8,11-12,19H,6-7,25H2,(H,29,30)/t11-,12+,19?. The van der Waals surface area contributed by atoms with Crippen molar-refractivity contribution < 1.29 is 23.1 Å². The topological polar surface area (TPSA) is 88.6 Å². The second kappa shape index (κ2) is 6.33. The molecule has 6 nitrogen and oxygen atoms in total. The predicted molar refractivity (Wildman–Crippen MR) is 104 cm³/mol. The zero-order valence-electron chi connectivity index (χ0n) is 15.5. The largest absolute Gasteiger partial charge is 0.477 e. The lowest BCUT2D eigenvalue weighted by Gasteiger charge is -2.23. The van der Waals surface area contributed by atoms with Gasteiger partial charge < -0.3 is 20.3 Å². The minimum atomic E-state index is -1.53. The number of hydrogen-bond acceptors (Lipinski definition) is 4. The summed E-state index contributed by atoms with van der Waals surface area (Å²) in [5.41, 5.74) is 4.60. The molecule has 3 atom stereocenters. The molecule has 1 aliphatic carbocycles. The molecule has 2 fully saturated rings. The van der Waals surface area contributed by atoms with E-state index in [-0.39, 0.29) is 40.2 Å². The van der Waals surface area contributed by atoms with Gasteiger partial charge >= 0.3 is 5.97 Å². The number of pyridine rings is 1. The molecule has 5 rings (SSSR count). The lowest BCUT2D eigenvalue weighted by atomic mass is 10.1. The fraction of sp³-hybridized carbons (Fsp3) is 0.238. The Kier molecular flexibility index (Phi) is 3.94. The van der Waals surface area contributed by atoms with E-state index in [1.807, 2.05) is 4.90 Å². The molecule has 0 radical (unpaired) electrons. The number of carboxylic acids is 1. The number of carboxylic acid groups (broad SMARTS) is 1. The van der Waals surface area contributed by atoms with E-state index >= 15 is 0 Å². The summed E-state index contributed by atoms with van der Waals surface area (Å²) < 4.78 is 43.9. The number of nitrogens with two attached hydrogens (primary N) is 1. The van der Waals surface area contributed by atoms with E-state index in [2.05, 4.69) is 0 Å². The Morgan fingerprint density at radius 2 is 1.70 bits per heavy atom. The molecule has 2 heterocycles. The summed E-state index contributed by atoms with van der Waals surface area (Å²) in [5.74, 6) is -3.40. The number of piperidine rings is 1. The molecular formula is C21H16F3N3O3. The third kappa shape index (κ3) is 2.69. The van der Waals surface area contributed by atoms with E-state index in [9.17, 15) is 27.9 Å². The summed E-state index contributed by atoms with van der Waals surface area (Å²) in [4.78, 5) is 26.0. The SMILES string of the molecule is NC1[C@H]2CN(c3cc4c(cc3F)c(=O)c(C(=O)O)cn4-c3ccc(F)cc3F)C[C@@H]12. The Balaban J connectivity index is 1.76. The van der Waals surface area contributed by atoms with Gasteiger partial charge in [0.05, 0.1) is 16.9 Å². The predicted octanol–water partition coefficient (Wildman–Crippen LogP) is 2.50. The molecule has 154 valence electrons. The summed E-state index contributed by atoms with van der Waals surface area (Å²) in [7, 11) is 0. The van der Waals surface area contributed by atoms with Gasteiger partial charge in [-0.25, -0.2) is 18.0 Å². The van der Waals surface area contributed by atoms with Gasteiger partial charge in [0.2, 0.25) is 5.43 Å². The summed E-state index contributed by atoms with van der Waals surface area (Å²) in [6, 6.07) is 5.28. The van der Waals surface area contributed by atoms with Crippen LogP contribution in [0, 0.1) is 29.3 Å². The first-order chi connectivity index (χ1) is 14.3. The highest BCUT2D eigenvalue weighted by Gasteiger charge is 2.53. The first-order valence-electron chi connectivity index (χ1n) is 9.34. The van der Waals surface area contributed by atoms with Crippen LogP contribution in [0.15, 0.2) is 41.3 Å². The Labute approximate surface area is 167 Å². The first-order valence-corrected chi connectivity index (χ1v) is 9.34. The summed E-state index contributed by atoms with van der Waals surface area (Å²) in [6.45, 7) is 1.13. The van der Waals surface area contributed by atoms with E-state index in [1.54, 1.807) is 0 Å². The second-order valence-corrected chi connectivity index (χ2v) is 7.77. The number of halogens is 3. The fourth-order valence-corrected chi connectivity index (χ4v) is 4.37. The highest BCUT2D eigenvalue weighted by molar-refractivity contribution is 5.94. The number of benzene rings is 2. The lowest BCUT2D eigenvalue weighted by Crippen LogP contribution is -2.29. The molecule has 1 saturated heterocycles. The molecule has 1 saturated carbocycles. The lowest BCUT2D eigenvalue weighted by molar-refractivity contribution is 0.0695. The van der Waals surface area contributed by atoms with Crippen LogP contribution in [0.25, 0.3) is 16.6 Å². The van der Waals surface area contributed by atoms with Gasteiger partial charge in [0.15, 0.2) is 0 Å². The molecular weight excluding hydrogens is 399 g/mol. The normalized spacial score (nSPS) is 22.4. The highest BCUT2D eigenvalue weighted by atomic mass is 19.1. The summed E-state index contributed by atoms with van der Waals surface area (Å²) >= 11 is 0.